The highest BCUT2D eigenvalue weighted by molar-refractivity contribution is 6.30. The van der Waals surface area contributed by atoms with Gasteiger partial charge < -0.3 is 15.2 Å². The van der Waals surface area contributed by atoms with Crippen molar-refractivity contribution in [3.63, 3.8) is 0 Å². The molecular formula is C21H24ClN3O3. The fraction of sp³-hybridized carbons (Fsp3) is 0.429. The van der Waals surface area contributed by atoms with Gasteiger partial charge in [-0.1, -0.05) is 24.6 Å². The Morgan fingerprint density at radius 2 is 2.25 bits per heavy atom. The van der Waals surface area contributed by atoms with Crippen molar-refractivity contribution in [3.8, 4) is 5.75 Å². The molecule has 1 aromatic heterocycles. The van der Waals surface area contributed by atoms with Crippen molar-refractivity contribution in [1.82, 2.24) is 15.1 Å². The van der Waals surface area contributed by atoms with E-state index in [4.69, 9.17) is 16.3 Å². The summed E-state index contributed by atoms with van der Waals surface area (Å²) in [7, 11) is 0. The molecule has 0 unspecified atom stereocenters. The molecule has 28 heavy (non-hydrogen) atoms. The summed E-state index contributed by atoms with van der Waals surface area (Å²) < 4.78 is 7.64. The number of ether oxygens (including phenoxy) is 1. The highest BCUT2D eigenvalue weighted by Crippen LogP contribution is 2.37. The summed E-state index contributed by atoms with van der Waals surface area (Å²) >= 11 is 5.96. The van der Waals surface area contributed by atoms with E-state index in [1.807, 2.05) is 10.9 Å². The van der Waals surface area contributed by atoms with Crippen LogP contribution in [0.1, 0.15) is 55.3 Å². The zero-order valence-corrected chi connectivity index (χ0v) is 16.4. The van der Waals surface area contributed by atoms with Gasteiger partial charge in [0.15, 0.2) is 6.10 Å². The van der Waals surface area contributed by atoms with Gasteiger partial charge in [-0.15, -0.1) is 0 Å². The lowest BCUT2D eigenvalue weighted by Gasteiger charge is -2.29. The first-order chi connectivity index (χ1) is 13.5. The van der Waals surface area contributed by atoms with E-state index in [0.29, 0.717) is 40.9 Å². The van der Waals surface area contributed by atoms with Crippen LogP contribution in [-0.2, 0) is 11.3 Å². The van der Waals surface area contributed by atoms with E-state index in [9.17, 15) is 9.90 Å². The highest BCUT2D eigenvalue weighted by Gasteiger charge is 2.32. The third-order valence-corrected chi connectivity index (χ3v) is 5.74. The maximum Gasteiger partial charge on any atom is 0.265 e. The lowest BCUT2D eigenvalue weighted by Crippen LogP contribution is -2.41. The number of aliphatic hydroxyl groups excluding tert-OH is 1. The van der Waals surface area contributed by atoms with Gasteiger partial charge in [0.05, 0.1) is 12.3 Å². The minimum atomic E-state index is -0.791. The van der Waals surface area contributed by atoms with Crippen LogP contribution in [0.4, 0.5) is 0 Å². The summed E-state index contributed by atoms with van der Waals surface area (Å²) in [4.78, 5) is 12.5. The van der Waals surface area contributed by atoms with Crippen LogP contribution in [0.5, 0.6) is 5.75 Å². The molecule has 1 aromatic carbocycles. The molecule has 0 saturated heterocycles. The van der Waals surface area contributed by atoms with Gasteiger partial charge in [0, 0.05) is 41.9 Å². The summed E-state index contributed by atoms with van der Waals surface area (Å²) in [6, 6.07) is 5.01. The molecule has 4 rings (SSSR count). The van der Waals surface area contributed by atoms with Crippen LogP contribution in [0.3, 0.4) is 0 Å². The first-order valence-electron chi connectivity index (χ1n) is 9.65. The van der Waals surface area contributed by atoms with E-state index in [1.54, 1.807) is 18.2 Å². The molecule has 2 N–H and O–H groups in total. The second kappa shape index (κ2) is 7.97. The summed E-state index contributed by atoms with van der Waals surface area (Å²) in [5.41, 5.74) is 2.51. The predicted octanol–water partition coefficient (Wildman–Crippen LogP) is 3.71. The highest BCUT2D eigenvalue weighted by atomic mass is 35.5. The molecule has 2 aromatic rings. The normalized spacial score (nSPS) is 21.4. The van der Waals surface area contributed by atoms with E-state index >= 15 is 0 Å². The Bertz CT molecular complexity index is 891. The van der Waals surface area contributed by atoms with E-state index in [0.717, 1.165) is 0 Å². The van der Waals surface area contributed by atoms with Gasteiger partial charge >= 0.3 is 0 Å². The molecule has 1 saturated carbocycles. The second-order valence-corrected chi connectivity index (χ2v) is 7.98. The van der Waals surface area contributed by atoms with Gasteiger partial charge in [-0.2, -0.15) is 5.10 Å². The Hall–Kier alpha value is -2.31. The number of aliphatic hydroxyl groups is 1. The number of nitrogens with zero attached hydrogens (tertiary/aromatic N) is 2. The molecule has 2 atom stereocenters. The number of aryl methyl sites for hydroxylation is 1. The van der Waals surface area contributed by atoms with Crippen LogP contribution in [0.25, 0.3) is 0 Å². The number of hydrogen-bond acceptors (Lipinski definition) is 4. The van der Waals surface area contributed by atoms with Crippen LogP contribution in [0, 0.1) is 0 Å². The average Bonchev–Trinajstić information content (AvgIpc) is 3.07. The van der Waals surface area contributed by atoms with Crippen LogP contribution >= 0.6 is 11.6 Å². The molecule has 0 radical (unpaired) electrons. The standard InChI is InChI=1S/C21H24ClN3O3/c1-13(7-8-25-12-15(11-23-25)14-3-2-4-14)24-21(27)20-10-18(26)17-9-16(22)5-6-19(17)28-20/h5-6,9,11-12,14,18,20,26H,1-4,7-8,10H2,(H,24,27)/t18-,20+/m1/s1. The Morgan fingerprint density at radius 3 is 3.00 bits per heavy atom. The lowest BCUT2D eigenvalue weighted by atomic mass is 9.81. The molecule has 2 heterocycles. The number of rotatable bonds is 6. The lowest BCUT2D eigenvalue weighted by molar-refractivity contribution is -0.129. The molecule has 7 heteroatoms. The van der Waals surface area contributed by atoms with Crippen LogP contribution < -0.4 is 10.1 Å². The number of halogens is 1. The summed E-state index contributed by atoms with van der Waals surface area (Å²) in [5.74, 6) is 0.832. The zero-order valence-electron chi connectivity index (χ0n) is 15.6. The van der Waals surface area contributed by atoms with Crippen molar-refractivity contribution in [2.75, 3.05) is 0 Å². The topological polar surface area (TPSA) is 76.4 Å². The summed E-state index contributed by atoms with van der Waals surface area (Å²) in [6.45, 7) is 4.59. The Morgan fingerprint density at radius 1 is 1.43 bits per heavy atom. The molecule has 148 valence electrons. The molecule has 6 nitrogen and oxygen atoms in total. The minimum absolute atomic E-state index is 0.177. The van der Waals surface area contributed by atoms with Crippen molar-refractivity contribution in [1.29, 1.82) is 0 Å². The molecule has 1 aliphatic heterocycles. The SMILES string of the molecule is C=C(CCn1cc(C2CCC2)cn1)NC(=O)[C@@H]1C[C@@H](O)c2cc(Cl)ccc2O1. The number of carbonyl (C=O) groups excluding carboxylic acids is 1. The number of benzene rings is 1. The number of nitrogens with one attached hydrogen (secondary N) is 1. The van der Waals surface area contributed by atoms with Gasteiger partial charge in [-0.05, 0) is 42.5 Å². The summed E-state index contributed by atoms with van der Waals surface area (Å²) in [6.07, 6.45) is 7.02. The fourth-order valence-electron chi connectivity index (χ4n) is 3.60. The molecule has 1 fully saturated rings. The van der Waals surface area contributed by atoms with Crippen molar-refractivity contribution in [2.45, 2.75) is 56.8 Å². The third-order valence-electron chi connectivity index (χ3n) is 5.50. The number of fused-ring (bicyclic) bond motifs is 1. The molecule has 1 amide bonds. The molecular weight excluding hydrogens is 378 g/mol. The van der Waals surface area contributed by atoms with Crippen LogP contribution in [0.2, 0.25) is 5.02 Å². The Kier molecular flexibility index (Phi) is 5.42. The molecule has 1 aliphatic carbocycles. The largest absolute Gasteiger partial charge is 0.480 e. The van der Waals surface area contributed by atoms with Gasteiger partial charge in [0.2, 0.25) is 0 Å². The Balaban J connectivity index is 1.29. The fourth-order valence-corrected chi connectivity index (χ4v) is 3.78. The van der Waals surface area contributed by atoms with Crippen molar-refractivity contribution in [2.24, 2.45) is 0 Å². The zero-order chi connectivity index (χ0) is 19.7. The van der Waals surface area contributed by atoms with Crippen molar-refractivity contribution in [3.05, 3.63) is 59.0 Å². The van der Waals surface area contributed by atoms with Crippen LogP contribution in [0.15, 0.2) is 42.9 Å². The molecule has 0 spiro atoms. The van der Waals surface area contributed by atoms with E-state index in [2.05, 4.69) is 23.2 Å². The third kappa shape index (κ3) is 4.08. The van der Waals surface area contributed by atoms with Gasteiger partial charge in [-0.25, -0.2) is 0 Å². The smallest absolute Gasteiger partial charge is 0.265 e. The number of carbonyl (C=O) groups is 1. The van der Waals surface area contributed by atoms with Crippen molar-refractivity contribution >= 4 is 17.5 Å². The molecule has 2 aliphatic rings. The predicted molar refractivity (Wildman–Crippen MR) is 106 cm³/mol. The maximum absolute atomic E-state index is 12.5. The minimum Gasteiger partial charge on any atom is -0.480 e. The van der Waals surface area contributed by atoms with Gasteiger partial charge in [0.1, 0.15) is 5.75 Å². The van der Waals surface area contributed by atoms with E-state index < -0.39 is 12.2 Å². The number of hydrogen-bond donors (Lipinski definition) is 2. The van der Waals surface area contributed by atoms with Crippen molar-refractivity contribution < 1.29 is 14.6 Å². The van der Waals surface area contributed by atoms with Crippen LogP contribution in [-0.4, -0.2) is 26.9 Å². The van der Waals surface area contributed by atoms with Gasteiger partial charge in [0.25, 0.3) is 5.91 Å². The number of aromatic nitrogens is 2. The molecule has 0 bridgehead atoms. The maximum atomic E-state index is 12.5. The first kappa shape index (κ1) is 19.0. The first-order valence-corrected chi connectivity index (χ1v) is 10.0. The number of amides is 1. The summed E-state index contributed by atoms with van der Waals surface area (Å²) in [5, 5.41) is 18.0. The monoisotopic (exact) mass is 401 g/mol. The average molecular weight is 402 g/mol. The van der Waals surface area contributed by atoms with Gasteiger partial charge in [-0.3, -0.25) is 9.48 Å². The van der Waals surface area contributed by atoms with E-state index in [1.165, 1.54) is 24.8 Å². The number of allylic oxidation sites excluding steroid dienone is 1. The quantitative estimate of drug-likeness (QED) is 0.773. The Labute approximate surface area is 169 Å². The second-order valence-electron chi connectivity index (χ2n) is 7.55. The van der Waals surface area contributed by atoms with E-state index in [-0.39, 0.29) is 12.3 Å².